The maximum atomic E-state index is 8.64. The van der Waals surface area contributed by atoms with E-state index in [2.05, 4.69) is 11.1 Å². The van der Waals surface area contributed by atoms with E-state index < -0.39 is 0 Å². The number of pyridine rings is 1. The lowest BCUT2D eigenvalue weighted by molar-refractivity contribution is 0.282. The highest BCUT2D eigenvalue weighted by Crippen LogP contribution is 2.10. The van der Waals surface area contributed by atoms with Crippen molar-refractivity contribution in [3.05, 3.63) is 30.1 Å². The van der Waals surface area contributed by atoms with Gasteiger partial charge in [0.2, 0.25) is 0 Å². The third-order valence-corrected chi connectivity index (χ3v) is 3.10. The van der Waals surface area contributed by atoms with Gasteiger partial charge in [0.1, 0.15) is 0 Å². The Morgan fingerprint density at radius 2 is 1.53 bits per heavy atom. The van der Waals surface area contributed by atoms with Crippen LogP contribution in [0, 0.1) is 0 Å². The Bertz CT molecular complexity index is 261. The molecule has 17 heavy (non-hydrogen) atoms. The monoisotopic (exact) mass is 235 g/mol. The van der Waals surface area contributed by atoms with Gasteiger partial charge in [0.15, 0.2) is 0 Å². The summed E-state index contributed by atoms with van der Waals surface area (Å²) in [6, 6.07) is 4.17. The third kappa shape index (κ3) is 7.92. The minimum absolute atomic E-state index is 0.352. The van der Waals surface area contributed by atoms with E-state index in [4.69, 9.17) is 5.11 Å². The quantitative estimate of drug-likeness (QED) is 0.627. The predicted molar refractivity (Wildman–Crippen MR) is 72.0 cm³/mol. The van der Waals surface area contributed by atoms with Gasteiger partial charge in [-0.3, -0.25) is 4.98 Å². The van der Waals surface area contributed by atoms with Crippen molar-refractivity contribution in [1.29, 1.82) is 0 Å². The molecule has 1 rings (SSSR count). The van der Waals surface area contributed by atoms with Crippen molar-refractivity contribution in [3.8, 4) is 0 Å². The minimum Gasteiger partial charge on any atom is -0.396 e. The van der Waals surface area contributed by atoms with Crippen molar-refractivity contribution >= 4 is 0 Å². The van der Waals surface area contributed by atoms with Crippen LogP contribution in [0.4, 0.5) is 0 Å². The van der Waals surface area contributed by atoms with Gasteiger partial charge in [-0.2, -0.15) is 0 Å². The summed E-state index contributed by atoms with van der Waals surface area (Å²) in [7, 11) is 0. The van der Waals surface area contributed by atoms with Gasteiger partial charge < -0.3 is 5.11 Å². The van der Waals surface area contributed by atoms with Crippen LogP contribution in [-0.4, -0.2) is 16.7 Å². The maximum absolute atomic E-state index is 8.64. The summed E-state index contributed by atoms with van der Waals surface area (Å²) in [5, 5.41) is 8.64. The number of aromatic nitrogens is 1. The van der Waals surface area contributed by atoms with Crippen LogP contribution in [0.1, 0.15) is 56.9 Å². The molecular weight excluding hydrogens is 210 g/mol. The molecule has 1 N–H and O–H groups in total. The van der Waals surface area contributed by atoms with Gasteiger partial charge in [-0.25, -0.2) is 0 Å². The van der Waals surface area contributed by atoms with Gasteiger partial charge in [0, 0.05) is 19.0 Å². The average molecular weight is 235 g/mol. The third-order valence-electron chi connectivity index (χ3n) is 3.10. The van der Waals surface area contributed by atoms with Crippen molar-refractivity contribution < 1.29 is 5.11 Å². The van der Waals surface area contributed by atoms with Crippen molar-refractivity contribution in [1.82, 2.24) is 4.98 Å². The molecule has 0 unspecified atom stereocenters. The molecule has 0 aromatic carbocycles. The van der Waals surface area contributed by atoms with E-state index in [1.165, 1.54) is 56.9 Å². The summed E-state index contributed by atoms with van der Waals surface area (Å²) in [5.41, 5.74) is 1.36. The lowest BCUT2D eigenvalue weighted by Crippen LogP contribution is -1.87. The molecule has 1 aromatic heterocycles. The molecule has 0 bridgehead atoms. The van der Waals surface area contributed by atoms with Gasteiger partial charge in [-0.05, 0) is 30.9 Å². The van der Waals surface area contributed by atoms with Gasteiger partial charge in [-0.1, -0.05) is 44.6 Å². The summed E-state index contributed by atoms with van der Waals surface area (Å²) in [6.07, 6.45) is 15.0. The normalized spacial score (nSPS) is 10.6. The van der Waals surface area contributed by atoms with E-state index in [0.717, 1.165) is 6.42 Å². The molecule has 1 aromatic rings. The number of hydrogen-bond acceptors (Lipinski definition) is 2. The van der Waals surface area contributed by atoms with Gasteiger partial charge in [0.25, 0.3) is 0 Å². The van der Waals surface area contributed by atoms with Crippen LogP contribution in [0.2, 0.25) is 0 Å². The molecule has 0 aliphatic heterocycles. The molecule has 2 nitrogen and oxygen atoms in total. The van der Waals surface area contributed by atoms with Crippen molar-refractivity contribution in [2.24, 2.45) is 0 Å². The molecule has 1 heterocycles. The minimum atomic E-state index is 0.352. The largest absolute Gasteiger partial charge is 0.396 e. The van der Waals surface area contributed by atoms with Crippen LogP contribution in [0.3, 0.4) is 0 Å². The second kappa shape index (κ2) is 10.3. The van der Waals surface area contributed by atoms with Gasteiger partial charge >= 0.3 is 0 Å². The molecule has 0 radical (unpaired) electrons. The molecule has 0 saturated heterocycles. The van der Waals surface area contributed by atoms with Crippen molar-refractivity contribution in [2.75, 3.05) is 6.61 Å². The van der Waals surface area contributed by atoms with Crippen LogP contribution in [-0.2, 0) is 6.42 Å². The summed E-state index contributed by atoms with van der Waals surface area (Å²) in [4.78, 5) is 4.12. The number of nitrogens with zero attached hydrogens (tertiary/aromatic N) is 1. The highest BCUT2D eigenvalue weighted by atomic mass is 16.2. The number of aryl methyl sites for hydroxylation is 1. The first kappa shape index (κ1) is 14.2. The Hall–Kier alpha value is -0.890. The van der Waals surface area contributed by atoms with E-state index in [0.29, 0.717) is 6.61 Å². The Morgan fingerprint density at radius 1 is 0.882 bits per heavy atom. The van der Waals surface area contributed by atoms with Crippen LogP contribution >= 0.6 is 0 Å². The second-order valence-electron chi connectivity index (χ2n) is 4.66. The lowest BCUT2D eigenvalue weighted by Gasteiger charge is -2.02. The van der Waals surface area contributed by atoms with Gasteiger partial charge in [-0.15, -0.1) is 0 Å². The Labute approximate surface area is 105 Å². The standard InChI is InChI=1S/C15H25NO/c17-13-8-6-4-2-1-3-5-7-10-15-11-9-12-16-14-15/h9,11-12,14,17H,1-8,10,13H2. The first-order valence-electron chi connectivity index (χ1n) is 6.93. The Morgan fingerprint density at radius 3 is 2.12 bits per heavy atom. The Kier molecular flexibility index (Phi) is 8.57. The van der Waals surface area contributed by atoms with Crippen LogP contribution in [0.25, 0.3) is 0 Å². The topological polar surface area (TPSA) is 33.1 Å². The molecule has 0 aliphatic rings. The molecule has 0 atom stereocenters. The second-order valence-corrected chi connectivity index (χ2v) is 4.66. The van der Waals surface area contributed by atoms with Crippen LogP contribution in [0.15, 0.2) is 24.5 Å². The first-order valence-corrected chi connectivity index (χ1v) is 6.93. The zero-order valence-corrected chi connectivity index (χ0v) is 10.8. The molecule has 96 valence electrons. The zero-order chi connectivity index (χ0) is 12.2. The number of aliphatic hydroxyl groups excluding tert-OH is 1. The fourth-order valence-electron chi connectivity index (χ4n) is 2.05. The van der Waals surface area contributed by atoms with E-state index in [9.17, 15) is 0 Å². The predicted octanol–water partition coefficient (Wildman–Crippen LogP) is 3.74. The number of aliphatic hydroxyl groups is 1. The van der Waals surface area contributed by atoms with Crippen LogP contribution < -0.4 is 0 Å². The molecule has 0 amide bonds. The maximum Gasteiger partial charge on any atom is 0.0431 e. The lowest BCUT2D eigenvalue weighted by atomic mass is 10.1. The summed E-state index contributed by atoms with van der Waals surface area (Å²) in [5.74, 6) is 0. The molecule has 0 aliphatic carbocycles. The summed E-state index contributed by atoms with van der Waals surface area (Å²) < 4.78 is 0. The fraction of sp³-hybridized carbons (Fsp3) is 0.667. The van der Waals surface area contributed by atoms with E-state index in [-0.39, 0.29) is 0 Å². The van der Waals surface area contributed by atoms with E-state index >= 15 is 0 Å². The number of unbranched alkanes of at least 4 members (excludes halogenated alkanes) is 7. The fourth-order valence-corrected chi connectivity index (χ4v) is 2.05. The smallest absolute Gasteiger partial charge is 0.0431 e. The zero-order valence-electron chi connectivity index (χ0n) is 10.8. The van der Waals surface area contributed by atoms with Crippen molar-refractivity contribution in [2.45, 2.75) is 57.8 Å². The molecule has 0 spiro atoms. The Balaban J connectivity index is 1.85. The molecule has 0 saturated carbocycles. The van der Waals surface area contributed by atoms with Crippen molar-refractivity contribution in [3.63, 3.8) is 0 Å². The molecular formula is C15H25NO. The SMILES string of the molecule is OCCCCCCCCCCc1cccnc1. The molecule has 0 fully saturated rings. The molecule has 2 heteroatoms. The van der Waals surface area contributed by atoms with Crippen LogP contribution in [0.5, 0.6) is 0 Å². The van der Waals surface area contributed by atoms with Gasteiger partial charge in [0.05, 0.1) is 0 Å². The number of hydrogen-bond donors (Lipinski definition) is 1. The highest BCUT2D eigenvalue weighted by molar-refractivity contribution is 5.08. The highest BCUT2D eigenvalue weighted by Gasteiger charge is 1.94. The first-order chi connectivity index (χ1) is 8.43. The number of rotatable bonds is 10. The summed E-state index contributed by atoms with van der Waals surface area (Å²) in [6.45, 7) is 0.352. The van der Waals surface area contributed by atoms with E-state index in [1.807, 2.05) is 18.5 Å². The van der Waals surface area contributed by atoms with E-state index in [1.54, 1.807) is 0 Å². The summed E-state index contributed by atoms with van der Waals surface area (Å²) >= 11 is 0. The average Bonchev–Trinajstić information content (AvgIpc) is 2.38.